The molecule has 1 aliphatic heterocycles. The second-order valence-electron chi connectivity index (χ2n) is 7.52. The van der Waals surface area contributed by atoms with E-state index in [-0.39, 0.29) is 0 Å². The second-order valence-corrected chi connectivity index (χ2v) is 8.35. The van der Waals surface area contributed by atoms with Crippen molar-refractivity contribution >= 4 is 33.1 Å². The van der Waals surface area contributed by atoms with Crippen LogP contribution in [0.2, 0.25) is 0 Å². The van der Waals surface area contributed by atoms with Gasteiger partial charge >= 0.3 is 0 Å². The lowest BCUT2D eigenvalue weighted by molar-refractivity contribution is 0.415. The van der Waals surface area contributed by atoms with Crippen LogP contribution in [-0.2, 0) is 0 Å². The van der Waals surface area contributed by atoms with Gasteiger partial charge in [0.05, 0.1) is 18.3 Å². The van der Waals surface area contributed by atoms with Crippen molar-refractivity contribution in [3.63, 3.8) is 0 Å². The molecular weight excluding hydrogens is 392 g/mol. The second kappa shape index (κ2) is 7.95. The summed E-state index contributed by atoms with van der Waals surface area (Å²) in [6.07, 6.45) is 0. The van der Waals surface area contributed by atoms with E-state index in [1.54, 1.807) is 18.4 Å². The Labute approximate surface area is 180 Å². The Bertz CT molecular complexity index is 1160. The summed E-state index contributed by atoms with van der Waals surface area (Å²) >= 11 is 1.72. The van der Waals surface area contributed by atoms with Crippen LogP contribution in [-0.4, -0.2) is 43.3 Å². The van der Waals surface area contributed by atoms with Gasteiger partial charge in [-0.1, -0.05) is 18.2 Å². The average Bonchev–Trinajstić information content (AvgIpc) is 3.29. The van der Waals surface area contributed by atoms with Crippen molar-refractivity contribution in [2.75, 3.05) is 43.1 Å². The lowest BCUT2D eigenvalue weighted by atomic mass is 10.1. The molecule has 30 heavy (non-hydrogen) atoms. The number of para-hydroxylation sites is 1. The molecule has 2 aromatic heterocycles. The van der Waals surface area contributed by atoms with E-state index in [1.807, 2.05) is 12.1 Å². The molecule has 0 spiro atoms. The first kappa shape index (κ1) is 18.9. The molecule has 5 rings (SSSR count). The van der Waals surface area contributed by atoms with Crippen LogP contribution in [0.3, 0.4) is 0 Å². The van der Waals surface area contributed by atoms with E-state index in [9.17, 15) is 0 Å². The summed E-state index contributed by atoms with van der Waals surface area (Å²) in [6, 6.07) is 18.7. The zero-order valence-corrected chi connectivity index (χ0v) is 18.0. The summed E-state index contributed by atoms with van der Waals surface area (Å²) in [4.78, 5) is 14.5. The first-order valence-electron chi connectivity index (χ1n) is 10.2. The molecule has 0 amide bonds. The van der Waals surface area contributed by atoms with Crippen molar-refractivity contribution in [3.8, 4) is 17.0 Å². The third-order valence-corrected chi connectivity index (χ3v) is 6.49. The molecule has 0 aliphatic carbocycles. The van der Waals surface area contributed by atoms with Crippen LogP contribution < -0.4 is 14.5 Å². The minimum atomic E-state index is 0.865. The molecule has 0 saturated carbocycles. The molecular formula is C24H24N4OS. The third kappa shape index (κ3) is 3.59. The number of thiazole rings is 1. The summed E-state index contributed by atoms with van der Waals surface area (Å²) in [6.45, 7) is 5.95. The van der Waals surface area contributed by atoms with Gasteiger partial charge in [-0.05, 0) is 43.3 Å². The summed E-state index contributed by atoms with van der Waals surface area (Å²) < 4.78 is 5.25. The molecule has 0 radical (unpaired) electrons. The Morgan fingerprint density at radius 1 is 0.900 bits per heavy atom. The number of pyridine rings is 1. The normalized spacial score (nSPS) is 14.3. The number of methoxy groups -OCH3 is 1. The van der Waals surface area contributed by atoms with Crippen LogP contribution >= 0.6 is 11.3 Å². The van der Waals surface area contributed by atoms with Gasteiger partial charge in [0, 0.05) is 53.9 Å². The summed E-state index contributed by atoms with van der Waals surface area (Å²) in [5, 5.41) is 4.47. The van der Waals surface area contributed by atoms with E-state index < -0.39 is 0 Å². The predicted octanol–water partition coefficient (Wildman–Crippen LogP) is 5.00. The Hall–Kier alpha value is -3.12. The van der Waals surface area contributed by atoms with Crippen molar-refractivity contribution in [2.45, 2.75) is 6.92 Å². The SMILES string of the molecule is COc1ccc(-c2csc(N3CCN(c4cc(C)nc5ccccc45)CC3)n2)cc1. The molecule has 2 aromatic carbocycles. The Morgan fingerprint density at radius 3 is 2.40 bits per heavy atom. The van der Waals surface area contributed by atoms with Crippen LogP contribution in [0, 0.1) is 6.92 Å². The standard InChI is InChI=1S/C24H24N4OS/c1-17-15-23(20-5-3-4-6-21(20)25-17)27-11-13-28(14-12-27)24-26-22(16-30-24)18-7-9-19(29-2)10-8-18/h3-10,15-16H,11-14H2,1-2H3. The van der Waals surface area contributed by atoms with Gasteiger partial charge in [0.15, 0.2) is 5.13 Å². The van der Waals surface area contributed by atoms with E-state index in [4.69, 9.17) is 9.72 Å². The number of ether oxygens (including phenoxy) is 1. The molecule has 3 heterocycles. The van der Waals surface area contributed by atoms with Gasteiger partial charge in [-0.25, -0.2) is 4.98 Å². The number of fused-ring (bicyclic) bond motifs is 1. The molecule has 1 fully saturated rings. The molecule has 0 N–H and O–H groups in total. The first-order valence-corrected chi connectivity index (χ1v) is 11.1. The fourth-order valence-electron chi connectivity index (χ4n) is 3.99. The van der Waals surface area contributed by atoms with Gasteiger partial charge in [0.2, 0.25) is 0 Å². The summed E-state index contributed by atoms with van der Waals surface area (Å²) in [5.41, 5.74) is 5.57. The highest BCUT2D eigenvalue weighted by Crippen LogP contribution is 2.31. The number of nitrogens with zero attached hydrogens (tertiary/aromatic N) is 4. The van der Waals surface area contributed by atoms with Crippen LogP contribution in [0.15, 0.2) is 60.0 Å². The zero-order valence-electron chi connectivity index (χ0n) is 17.2. The zero-order chi connectivity index (χ0) is 20.5. The first-order chi connectivity index (χ1) is 14.7. The average molecular weight is 417 g/mol. The molecule has 0 bridgehead atoms. The van der Waals surface area contributed by atoms with E-state index in [0.29, 0.717) is 0 Å². The molecule has 0 unspecified atom stereocenters. The highest BCUT2D eigenvalue weighted by Gasteiger charge is 2.21. The van der Waals surface area contributed by atoms with Crippen LogP contribution in [0.1, 0.15) is 5.69 Å². The molecule has 4 aromatic rings. The minimum Gasteiger partial charge on any atom is -0.497 e. The van der Waals surface area contributed by atoms with Crippen molar-refractivity contribution in [3.05, 3.63) is 65.7 Å². The minimum absolute atomic E-state index is 0.865. The number of aryl methyl sites for hydroxylation is 1. The third-order valence-electron chi connectivity index (χ3n) is 5.59. The number of rotatable bonds is 4. The van der Waals surface area contributed by atoms with Gasteiger partial charge in [0.1, 0.15) is 5.75 Å². The van der Waals surface area contributed by atoms with Crippen LogP contribution in [0.5, 0.6) is 5.75 Å². The molecule has 152 valence electrons. The van der Waals surface area contributed by atoms with Crippen molar-refractivity contribution in [2.24, 2.45) is 0 Å². The van der Waals surface area contributed by atoms with Gasteiger partial charge in [-0.3, -0.25) is 4.98 Å². The molecule has 1 saturated heterocycles. The number of anilines is 2. The van der Waals surface area contributed by atoms with Gasteiger partial charge < -0.3 is 14.5 Å². The van der Waals surface area contributed by atoms with Gasteiger partial charge in [-0.2, -0.15) is 0 Å². The summed E-state index contributed by atoms with van der Waals surface area (Å²) in [5.74, 6) is 0.865. The number of hydrogen-bond acceptors (Lipinski definition) is 6. The van der Waals surface area contributed by atoms with Crippen molar-refractivity contribution in [1.82, 2.24) is 9.97 Å². The highest BCUT2D eigenvalue weighted by atomic mass is 32.1. The lowest BCUT2D eigenvalue weighted by Gasteiger charge is -2.36. The topological polar surface area (TPSA) is 41.5 Å². The smallest absolute Gasteiger partial charge is 0.185 e. The predicted molar refractivity (Wildman–Crippen MR) is 125 cm³/mol. The number of benzene rings is 2. The van der Waals surface area contributed by atoms with E-state index >= 15 is 0 Å². The van der Waals surface area contributed by atoms with Gasteiger partial charge in [-0.15, -0.1) is 11.3 Å². The van der Waals surface area contributed by atoms with Crippen LogP contribution in [0.25, 0.3) is 22.2 Å². The maximum Gasteiger partial charge on any atom is 0.185 e. The quantitative estimate of drug-likeness (QED) is 0.468. The molecule has 5 nitrogen and oxygen atoms in total. The Balaban J connectivity index is 1.31. The van der Waals surface area contributed by atoms with E-state index in [0.717, 1.165) is 59.5 Å². The summed E-state index contributed by atoms with van der Waals surface area (Å²) in [7, 11) is 1.69. The van der Waals surface area contributed by atoms with E-state index in [2.05, 4.69) is 69.6 Å². The maximum atomic E-state index is 5.25. The monoisotopic (exact) mass is 416 g/mol. The molecule has 0 atom stereocenters. The maximum absolute atomic E-state index is 5.25. The van der Waals surface area contributed by atoms with Gasteiger partial charge in [0.25, 0.3) is 0 Å². The Kier molecular flexibility index (Phi) is 5.01. The number of piperazine rings is 1. The number of aromatic nitrogens is 2. The molecule has 1 aliphatic rings. The fraction of sp³-hybridized carbons (Fsp3) is 0.250. The fourth-order valence-corrected chi connectivity index (χ4v) is 4.88. The van der Waals surface area contributed by atoms with Crippen molar-refractivity contribution < 1.29 is 4.74 Å². The largest absolute Gasteiger partial charge is 0.497 e. The van der Waals surface area contributed by atoms with Crippen molar-refractivity contribution in [1.29, 1.82) is 0 Å². The number of hydrogen-bond donors (Lipinski definition) is 0. The highest BCUT2D eigenvalue weighted by molar-refractivity contribution is 7.14. The lowest BCUT2D eigenvalue weighted by Crippen LogP contribution is -2.46. The van der Waals surface area contributed by atoms with Crippen LogP contribution in [0.4, 0.5) is 10.8 Å². The van der Waals surface area contributed by atoms with E-state index in [1.165, 1.54) is 11.1 Å². The molecule has 6 heteroatoms. The Morgan fingerprint density at radius 2 is 1.63 bits per heavy atom.